The monoisotopic (exact) mass is 427 g/mol. The molecule has 4 rings (SSSR count). The number of nitrogens with one attached hydrogen (secondary N) is 1. The highest BCUT2D eigenvalue weighted by atomic mass is 79.9. The Labute approximate surface area is 159 Å². The van der Waals surface area contributed by atoms with Crippen LogP contribution in [-0.2, 0) is 9.53 Å². The molecule has 3 heterocycles. The quantitative estimate of drug-likeness (QED) is 0.746. The number of benzene rings is 1. The number of likely N-dealkylation sites (tertiary alicyclic amines) is 2. The highest BCUT2D eigenvalue weighted by Crippen LogP contribution is 2.32. The molecule has 134 valence electrons. The second-order valence-electron chi connectivity index (χ2n) is 6.82. The predicted octanol–water partition coefficient (Wildman–Crippen LogP) is 2.21. The lowest BCUT2D eigenvalue weighted by Crippen LogP contribution is -2.63. The van der Waals surface area contributed by atoms with Crippen LogP contribution in [0.2, 0.25) is 5.02 Å². The summed E-state index contributed by atoms with van der Waals surface area (Å²) in [5.74, 6) is 0.219. The fourth-order valence-electron chi connectivity index (χ4n) is 3.69. The molecule has 1 N–H and O–H groups in total. The number of fused-ring (bicyclic) bond motifs is 1. The first kappa shape index (κ1) is 17.1. The fraction of sp³-hybridized carbons (Fsp3) is 0.529. The first-order valence-corrected chi connectivity index (χ1v) is 9.58. The number of nitrogens with zero attached hydrogens (tertiary/aromatic N) is 2. The Balaban J connectivity index is 1.34. The van der Waals surface area contributed by atoms with Crippen molar-refractivity contribution in [2.45, 2.75) is 24.5 Å². The van der Waals surface area contributed by atoms with Crippen LogP contribution in [0.25, 0.3) is 0 Å². The topological polar surface area (TPSA) is 61.9 Å². The van der Waals surface area contributed by atoms with E-state index in [4.69, 9.17) is 16.3 Å². The van der Waals surface area contributed by atoms with Gasteiger partial charge in [0.1, 0.15) is 6.61 Å². The van der Waals surface area contributed by atoms with Crippen LogP contribution in [0.4, 0.5) is 4.79 Å². The summed E-state index contributed by atoms with van der Waals surface area (Å²) < 4.78 is 6.42. The van der Waals surface area contributed by atoms with Crippen LogP contribution in [0.3, 0.4) is 0 Å². The molecular weight excluding hydrogens is 410 g/mol. The third kappa shape index (κ3) is 3.37. The summed E-state index contributed by atoms with van der Waals surface area (Å²) >= 11 is 9.55. The van der Waals surface area contributed by atoms with Gasteiger partial charge in [0.05, 0.1) is 17.2 Å². The Morgan fingerprint density at radius 2 is 2.08 bits per heavy atom. The number of rotatable bonds is 1. The summed E-state index contributed by atoms with van der Waals surface area (Å²) in [6.07, 6.45) is 0.784. The van der Waals surface area contributed by atoms with Crippen molar-refractivity contribution < 1.29 is 14.3 Å². The van der Waals surface area contributed by atoms with Crippen molar-refractivity contribution in [3.05, 3.63) is 33.3 Å². The van der Waals surface area contributed by atoms with Crippen LogP contribution in [-0.4, -0.2) is 66.7 Å². The molecule has 0 aromatic heterocycles. The zero-order valence-corrected chi connectivity index (χ0v) is 15.9. The molecule has 3 aliphatic heterocycles. The summed E-state index contributed by atoms with van der Waals surface area (Å²) in [6.45, 7) is 2.70. The average Bonchev–Trinajstić information content (AvgIpc) is 2.56. The van der Waals surface area contributed by atoms with E-state index in [0.29, 0.717) is 37.1 Å². The van der Waals surface area contributed by atoms with Gasteiger partial charge in [0, 0.05) is 36.6 Å². The summed E-state index contributed by atoms with van der Waals surface area (Å²) in [7, 11) is 0. The summed E-state index contributed by atoms with van der Waals surface area (Å²) in [5.41, 5.74) is 1.16. The van der Waals surface area contributed by atoms with Gasteiger partial charge in [-0.15, -0.1) is 0 Å². The van der Waals surface area contributed by atoms with Gasteiger partial charge in [-0.1, -0.05) is 17.7 Å². The Morgan fingerprint density at radius 3 is 2.84 bits per heavy atom. The van der Waals surface area contributed by atoms with Crippen LogP contribution < -0.4 is 5.32 Å². The molecule has 1 aromatic rings. The minimum Gasteiger partial charge on any atom is -0.366 e. The Morgan fingerprint density at radius 1 is 1.28 bits per heavy atom. The molecule has 0 spiro atoms. The van der Waals surface area contributed by atoms with Crippen molar-refractivity contribution in [1.82, 2.24) is 15.1 Å². The molecule has 0 bridgehead atoms. The zero-order chi connectivity index (χ0) is 17.6. The van der Waals surface area contributed by atoms with Crippen molar-refractivity contribution in [1.29, 1.82) is 0 Å². The molecule has 3 fully saturated rings. The van der Waals surface area contributed by atoms with E-state index in [-0.39, 0.29) is 30.7 Å². The van der Waals surface area contributed by atoms with Gasteiger partial charge in [-0.05, 0) is 40.0 Å². The zero-order valence-electron chi connectivity index (χ0n) is 13.6. The van der Waals surface area contributed by atoms with Gasteiger partial charge >= 0.3 is 6.03 Å². The number of morpholine rings is 1. The molecule has 2 atom stereocenters. The first-order chi connectivity index (χ1) is 12.0. The minimum absolute atomic E-state index is 0.0239. The SMILES string of the molecule is O=C1CO[C@H]2CCN(C(=O)N3CC(c4ccc(Br)c(Cl)c4)C3)C[C@H]2N1. The highest BCUT2D eigenvalue weighted by molar-refractivity contribution is 9.10. The maximum Gasteiger partial charge on any atom is 0.320 e. The van der Waals surface area contributed by atoms with E-state index in [0.717, 1.165) is 16.5 Å². The lowest BCUT2D eigenvalue weighted by Gasteiger charge is -2.46. The number of carbonyl (C=O) groups excluding carboxylic acids is 2. The molecule has 0 unspecified atom stereocenters. The number of hydrogen-bond donors (Lipinski definition) is 1. The molecule has 0 aliphatic carbocycles. The number of ether oxygens (including phenoxy) is 1. The number of urea groups is 1. The largest absolute Gasteiger partial charge is 0.366 e. The van der Waals surface area contributed by atoms with E-state index in [1.807, 2.05) is 28.0 Å². The second kappa shape index (κ2) is 6.78. The molecule has 3 saturated heterocycles. The number of piperidine rings is 1. The van der Waals surface area contributed by atoms with Gasteiger partial charge in [0.15, 0.2) is 0 Å². The predicted molar refractivity (Wildman–Crippen MR) is 96.7 cm³/mol. The number of amides is 3. The van der Waals surface area contributed by atoms with Crippen LogP contribution in [0.5, 0.6) is 0 Å². The van der Waals surface area contributed by atoms with Crippen molar-refractivity contribution in [3.63, 3.8) is 0 Å². The molecule has 3 amide bonds. The molecule has 0 radical (unpaired) electrons. The van der Waals surface area contributed by atoms with Gasteiger partial charge < -0.3 is 19.9 Å². The molecule has 8 heteroatoms. The van der Waals surface area contributed by atoms with Crippen molar-refractivity contribution >= 4 is 39.5 Å². The Kier molecular flexibility index (Phi) is 4.64. The van der Waals surface area contributed by atoms with Crippen molar-refractivity contribution in [2.75, 3.05) is 32.8 Å². The molecule has 6 nitrogen and oxygen atoms in total. The van der Waals surface area contributed by atoms with E-state index >= 15 is 0 Å². The van der Waals surface area contributed by atoms with Crippen molar-refractivity contribution in [2.24, 2.45) is 0 Å². The second-order valence-corrected chi connectivity index (χ2v) is 8.08. The third-order valence-corrected chi connectivity index (χ3v) is 6.39. The lowest BCUT2D eigenvalue weighted by molar-refractivity contribution is -0.139. The fourth-order valence-corrected chi connectivity index (χ4v) is 4.12. The van der Waals surface area contributed by atoms with Gasteiger partial charge in [0.25, 0.3) is 0 Å². The van der Waals surface area contributed by atoms with Crippen LogP contribution in [0.1, 0.15) is 17.9 Å². The third-order valence-electron chi connectivity index (χ3n) is 5.16. The molecule has 3 aliphatic rings. The Bertz CT molecular complexity index is 710. The van der Waals surface area contributed by atoms with Gasteiger partial charge in [0.2, 0.25) is 5.91 Å². The molecule has 1 aromatic carbocycles. The van der Waals surface area contributed by atoms with Gasteiger partial charge in [-0.25, -0.2) is 4.79 Å². The van der Waals surface area contributed by atoms with E-state index in [1.54, 1.807) is 0 Å². The smallest absolute Gasteiger partial charge is 0.320 e. The van der Waals surface area contributed by atoms with E-state index in [1.165, 1.54) is 0 Å². The number of halogens is 2. The average molecular weight is 429 g/mol. The standard InChI is InChI=1S/C17H19BrClN3O3/c18-12-2-1-10(5-13(12)19)11-6-22(7-11)17(24)21-4-3-15-14(8-21)20-16(23)9-25-15/h1-2,5,11,14-15H,3-4,6-9H2,(H,20,23)/t14-,15+/m1/s1. The van der Waals surface area contributed by atoms with E-state index in [9.17, 15) is 9.59 Å². The molecule has 25 heavy (non-hydrogen) atoms. The normalized spacial score (nSPS) is 26.7. The van der Waals surface area contributed by atoms with Crippen LogP contribution in [0.15, 0.2) is 22.7 Å². The lowest BCUT2D eigenvalue weighted by atomic mass is 9.91. The molecular formula is C17H19BrClN3O3. The van der Waals surface area contributed by atoms with Gasteiger partial charge in [-0.2, -0.15) is 0 Å². The summed E-state index contributed by atoms with van der Waals surface area (Å²) in [4.78, 5) is 27.9. The molecule has 0 saturated carbocycles. The highest BCUT2D eigenvalue weighted by Gasteiger charge is 2.40. The van der Waals surface area contributed by atoms with Crippen molar-refractivity contribution in [3.8, 4) is 0 Å². The minimum atomic E-state index is -0.105. The summed E-state index contributed by atoms with van der Waals surface area (Å²) in [5, 5.41) is 3.62. The summed E-state index contributed by atoms with van der Waals surface area (Å²) in [6, 6.07) is 5.89. The first-order valence-electron chi connectivity index (χ1n) is 8.41. The maximum absolute atomic E-state index is 12.7. The van der Waals surface area contributed by atoms with E-state index < -0.39 is 0 Å². The Hall–Kier alpha value is -1.31. The number of carbonyl (C=O) groups is 2. The van der Waals surface area contributed by atoms with Crippen LogP contribution in [0, 0.1) is 0 Å². The maximum atomic E-state index is 12.7. The van der Waals surface area contributed by atoms with E-state index in [2.05, 4.69) is 21.2 Å². The van der Waals surface area contributed by atoms with Crippen LogP contribution >= 0.6 is 27.5 Å². The van der Waals surface area contributed by atoms with Gasteiger partial charge in [-0.3, -0.25) is 4.79 Å². The number of hydrogen-bond acceptors (Lipinski definition) is 3.